The summed E-state index contributed by atoms with van der Waals surface area (Å²) in [6.07, 6.45) is 4.35. The van der Waals surface area contributed by atoms with Crippen molar-refractivity contribution in [1.82, 2.24) is 4.57 Å². The lowest BCUT2D eigenvalue weighted by molar-refractivity contribution is -0.601. The van der Waals surface area contributed by atoms with Gasteiger partial charge in [0.15, 0.2) is 0 Å². The normalized spacial score (nSPS) is 11.5. The summed E-state index contributed by atoms with van der Waals surface area (Å²) in [7, 11) is 0. The fraction of sp³-hybridized carbons (Fsp3) is 0.0426. The highest BCUT2D eigenvalue weighted by molar-refractivity contribution is 6.01. The molecule has 2 heteroatoms. The average Bonchev–Trinajstić information content (AvgIpc) is 3.55. The molecular weight excluding hydrogens is 593 g/mol. The fourth-order valence-corrected chi connectivity index (χ4v) is 7.30. The van der Waals surface area contributed by atoms with Crippen molar-refractivity contribution in [1.29, 1.82) is 0 Å². The lowest BCUT2D eigenvalue weighted by atomic mass is 10.0. The third-order valence-corrected chi connectivity index (χ3v) is 9.95. The minimum absolute atomic E-state index is 1.13. The Hall–Kier alpha value is -6.25. The maximum absolute atomic E-state index is 2.34. The Balaban J connectivity index is 1.41. The smallest absolute Gasteiger partial charge is 0.200 e. The molecule has 0 radical (unpaired) electrons. The van der Waals surface area contributed by atoms with Crippen LogP contribution in [0.15, 0.2) is 176 Å². The van der Waals surface area contributed by atoms with Gasteiger partial charge in [-0.1, -0.05) is 109 Å². The number of benzene rings is 7. The number of para-hydroxylation sites is 1. The summed E-state index contributed by atoms with van der Waals surface area (Å²) >= 11 is 0. The monoisotopic (exact) mass is 627 g/mol. The molecule has 1 heterocycles. The Morgan fingerprint density at radius 3 is 1.10 bits per heavy atom. The van der Waals surface area contributed by atoms with Crippen molar-refractivity contribution in [3.8, 4) is 11.4 Å². The Bertz CT molecular complexity index is 2710. The van der Waals surface area contributed by atoms with Gasteiger partial charge in [-0.2, -0.15) is 9.13 Å². The Labute approximate surface area is 285 Å². The first kappa shape index (κ1) is 28.9. The quantitative estimate of drug-likeness (QED) is 0.169. The number of aryl methyl sites for hydroxylation is 1. The van der Waals surface area contributed by atoms with Gasteiger partial charge in [0.2, 0.25) is 0 Å². The van der Waals surface area contributed by atoms with Crippen LogP contribution in [-0.4, -0.2) is 4.57 Å². The van der Waals surface area contributed by atoms with Gasteiger partial charge in [-0.05, 0) is 132 Å². The van der Waals surface area contributed by atoms with E-state index >= 15 is 0 Å². The highest BCUT2D eigenvalue weighted by atomic mass is 15.2. The summed E-state index contributed by atoms with van der Waals surface area (Å²) < 4.78 is 4.59. The summed E-state index contributed by atoms with van der Waals surface area (Å²) in [5.74, 6) is 1.14. The first-order valence-corrected chi connectivity index (χ1v) is 16.9. The Morgan fingerprint density at radius 1 is 0.367 bits per heavy atom. The molecule has 9 aromatic rings. The van der Waals surface area contributed by atoms with Crippen molar-refractivity contribution < 1.29 is 4.57 Å². The predicted octanol–water partition coefficient (Wildman–Crippen LogP) is 12.0. The second-order valence-electron chi connectivity index (χ2n) is 13.0. The first-order chi connectivity index (χ1) is 24.1. The molecule has 0 aliphatic heterocycles. The van der Waals surface area contributed by atoms with Crippen LogP contribution in [0.25, 0.3) is 76.0 Å². The number of nitrogens with zero attached hydrogens (tertiary/aromatic N) is 2. The van der Waals surface area contributed by atoms with E-state index in [0.717, 1.165) is 11.5 Å². The molecule has 232 valence electrons. The zero-order valence-electron chi connectivity index (χ0n) is 27.6. The summed E-state index contributed by atoms with van der Waals surface area (Å²) in [4.78, 5) is 0. The molecule has 0 atom stereocenters. The molecule has 12 bridgehead atoms. The second-order valence-corrected chi connectivity index (χ2v) is 13.0. The minimum atomic E-state index is 1.13. The van der Waals surface area contributed by atoms with Gasteiger partial charge in [-0.25, -0.2) is 0 Å². The van der Waals surface area contributed by atoms with Crippen LogP contribution in [-0.2, 0) is 0 Å². The molecular formula is C47H35N2+. The van der Waals surface area contributed by atoms with E-state index in [1.165, 1.54) is 75.9 Å². The highest BCUT2D eigenvalue weighted by Gasteiger charge is 2.18. The van der Waals surface area contributed by atoms with Crippen LogP contribution in [0.5, 0.6) is 0 Å². The maximum Gasteiger partial charge on any atom is 0.263 e. The van der Waals surface area contributed by atoms with Crippen LogP contribution < -0.4 is 4.57 Å². The van der Waals surface area contributed by atoms with Crippen LogP contribution in [0.4, 0.5) is 0 Å². The zero-order chi connectivity index (χ0) is 32.9. The molecule has 1 aromatic heterocycles. The van der Waals surface area contributed by atoms with Gasteiger partial charge < -0.3 is 0 Å². The van der Waals surface area contributed by atoms with Gasteiger partial charge in [0.05, 0.1) is 0 Å². The molecule has 9 rings (SSSR count). The van der Waals surface area contributed by atoms with E-state index < -0.39 is 0 Å². The van der Waals surface area contributed by atoms with E-state index in [4.69, 9.17) is 0 Å². The van der Waals surface area contributed by atoms with Crippen LogP contribution in [0, 0.1) is 13.8 Å². The number of imidazole rings is 1. The molecule has 0 saturated heterocycles. The third kappa shape index (κ3) is 5.28. The molecule has 2 nitrogen and oxygen atoms in total. The van der Waals surface area contributed by atoms with E-state index in [9.17, 15) is 0 Å². The van der Waals surface area contributed by atoms with Gasteiger partial charge in [-0.3, -0.25) is 0 Å². The molecule has 0 aliphatic rings. The molecule has 0 unspecified atom stereocenters. The molecule has 0 N–H and O–H groups in total. The minimum Gasteiger partial charge on any atom is -0.200 e. The topological polar surface area (TPSA) is 8.81 Å². The summed E-state index contributed by atoms with van der Waals surface area (Å²) in [6.45, 7) is 4.36. The van der Waals surface area contributed by atoms with Crippen LogP contribution in [0.3, 0.4) is 0 Å². The van der Waals surface area contributed by atoms with Crippen LogP contribution in [0.1, 0.15) is 11.4 Å². The van der Waals surface area contributed by atoms with E-state index in [2.05, 4.69) is 199 Å². The molecule has 0 fully saturated rings. The SMILES string of the molecule is Cc1ccccc1-n1cc[n+](-c2cc3cc(c2)c2cccc(c2)c2cccc(c2)c2cccc(c2)c2cccc(c2)c2cccc3c2)c1C. The molecule has 0 aliphatic carbocycles. The molecule has 0 amide bonds. The van der Waals surface area contributed by atoms with E-state index in [0.29, 0.717) is 0 Å². The first-order valence-electron chi connectivity index (χ1n) is 16.9. The van der Waals surface area contributed by atoms with Crippen molar-refractivity contribution in [3.05, 3.63) is 188 Å². The largest absolute Gasteiger partial charge is 0.263 e. The lowest BCUT2D eigenvalue weighted by Gasteiger charge is -2.06. The number of hydrogen-bond donors (Lipinski definition) is 0. The summed E-state index contributed by atoms with van der Waals surface area (Å²) in [6, 6.07) is 60.2. The number of hydrogen-bond acceptors (Lipinski definition) is 0. The van der Waals surface area contributed by atoms with Crippen molar-refractivity contribution in [3.63, 3.8) is 0 Å². The average molecular weight is 628 g/mol. The molecule has 49 heavy (non-hydrogen) atoms. The van der Waals surface area contributed by atoms with E-state index in [1.807, 2.05) is 0 Å². The maximum atomic E-state index is 2.34. The van der Waals surface area contributed by atoms with Crippen molar-refractivity contribution >= 4 is 64.6 Å². The van der Waals surface area contributed by atoms with E-state index in [1.54, 1.807) is 0 Å². The van der Waals surface area contributed by atoms with Crippen LogP contribution >= 0.6 is 0 Å². The van der Waals surface area contributed by atoms with Crippen molar-refractivity contribution in [2.75, 3.05) is 0 Å². The number of rotatable bonds is 2. The van der Waals surface area contributed by atoms with Crippen LogP contribution in [0.2, 0.25) is 0 Å². The second kappa shape index (κ2) is 11.8. The van der Waals surface area contributed by atoms with Crippen molar-refractivity contribution in [2.45, 2.75) is 13.8 Å². The molecule has 0 spiro atoms. The number of aromatic nitrogens is 2. The molecule has 8 aromatic carbocycles. The van der Waals surface area contributed by atoms with Gasteiger partial charge in [0.25, 0.3) is 5.82 Å². The summed E-state index contributed by atoms with van der Waals surface area (Å²) in [5, 5.41) is 14.4. The zero-order valence-corrected chi connectivity index (χ0v) is 27.6. The third-order valence-electron chi connectivity index (χ3n) is 9.95. The van der Waals surface area contributed by atoms with Gasteiger partial charge in [0, 0.05) is 6.92 Å². The Kier molecular flexibility index (Phi) is 6.95. The summed E-state index contributed by atoms with van der Waals surface area (Å²) in [5.41, 5.74) is 3.57. The predicted molar refractivity (Wildman–Crippen MR) is 208 cm³/mol. The fourth-order valence-electron chi connectivity index (χ4n) is 7.30. The van der Waals surface area contributed by atoms with Gasteiger partial charge in [0.1, 0.15) is 23.8 Å². The van der Waals surface area contributed by atoms with Crippen molar-refractivity contribution in [2.24, 2.45) is 0 Å². The standard InChI is InChI=1S/C47H35N2/c1-32-10-3-4-21-47(32)49-23-22-48(33(49)2)46-30-44-29-45(31-46)43-20-9-18-41(28-43)39-16-7-14-37(26-39)35-12-5-11-34(24-35)36-13-6-15-38(25-36)40-17-8-19-42(44)27-40/h3-31H,1-2H3/q+1. The number of fused-ring (bicyclic) bond motifs is 18. The molecule has 0 saturated carbocycles. The highest BCUT2D eigenvalue weighted by Crippen LogP contribution is 2.27. The van der Waals surface area contributed by atoms with E-state index in [-0.39, 0.29) is 0 Å². The van der Waals surface area contributed by atoms with Gasteiger partial charge >= 0.3 is 0 Å². The Morgan fingerprint density at radius 2 is 0.714 bits per heavy atom. The lowest BCUT2D eigenvalue weighted by Crippen LogP contribution is -2.32. The van der Waals surface area contributed by atoms with Gasteiger partial charge in [-0.15, -0.1) is 0 Å².